The third kappa shape index (κ3) is 7.51. The van der Waals surface area contributed by atoms with Crippen LogP contribution in [0.2, 0.25) is 0 Å². The minimum atomic E-state index is -0.579. The molecular weight excluding hydrogens is 598 g/mol. The molecule has 0 amide bonds. The predicted octanol–water partition coefficient (Wildman–Crippen LogP) is 3.21. The van der Waals surface area contributed by atoms with Gasteiger partial charge in [-0.15, -0.1) is 10.2 Å². The molecule has 1 spiro atoms. The molecule has 13 nitrogen and oxygen atoms in total. The molecule has 47 heavy (non-hydrogen) atoms. The summed E-state index contributed by atoms with van der Waals surface area (Å²) in [7, 11) is 1.83. The number of aliphatic hydroxyl groups excluding tert-OH is 1. The molecule has 2 saturated heterocycles. The van der Waals surface area contributed by atoms with Gasteiger partial charge in [-0.1, -0.05) is 18.6 Å². The number of anilines is 4. The monoisotopic (exact) mass is 645 g/mol. The predicted molar refractivity (Wildman–Crippen MR) is 182 cm³/mol. The maximum absolute atomic E-state index is 10.7. The van der Waals surface area contributed by atoms with E-state index in [-0.39, 0.29) is 24.3 Å². The van der Waals surface area contributed by atoms with E-state index in [4.69, 9.17) is 5.11 Å². The Hall–Kier alpha value is -4.23. The molecule has 252 valence electrons. The zero-order valence-electron chi connectivity index (χ0n) is 27.2. The summed E-state index contributed by atoms with van der Waals surface area (Å²) in [4.78, 5) is 26.6. The summed E-state index contributed by atoms with van der Waals surface area (Å²) in [5.74, 6) is 0.998. The van der Waals surface area contributed by atoms with Crippen LogP contribution in [0.4, 0.5) is 23.1 Å². The lowest BCUT2D eigenvalue weighted by Crippen LogP contribution is -2.52. The summed E-state index contributed by atoms with van der Waals surface area (Å²) in [6.45, 7) is 5.68. The van der Waals surface area contributed by atoms with Gasteiger partial charge in [0.05, 0.1) is 42.0 Å². The molecule has 1 atom stereocenters. The summed E-state index contributed by atoms with van der Waals surface area (Å²) in [5.41, 5.74) is 3.83. The lowest BCUT2D eigenvalue weighted by molar-refractivity contribution is -0.144. The number of piperazine rings is 2. The second-order valence-electron chi connectivity index (χ2n) is 13.2. The van der Waals surface area contributed by atoms with Crippen LogP contribution in [-0.2, 0) is 4.79 Å². The highest BCUT2D eigenvalue weighted by Gasteiger charge is 2.41. The van der Waals surface area contributed by atoms with Crippen LogP contribution in [0.5, 0.6) is 5.75 Å². The van der Waals surface area contributed by atoms with E-state index in [2.05, 4.69) is 45.5 Å². The van der Waals surface area contributed by atoms with Gasteiger partial charge in [0.25, 0.3) is 0 Å². The van der Waals surface area contributed by atoms with Gasteiger partial charge in [0.2, 0.25) is 5.95 Å². The van der Waals surface area contributed by atoms with Crippen LogP contribution in [0.1, 0.15) is 44.9 Å². The first-order valence-corrected chi connectivity index (χ1v) is 16.9. The summed E-state index contributed by atoms with van der Waals surface area (Å²) >= 11 is 0. The first-order valence-electron chi connectivity index (χ1n) is 16.9. The van der Waals surface area contributed by atoms with Crippen LogP contribution >= 0.6 is 0 Å². The number of para-hydroxylation sites is 1. The van der Waals surface area contributed by atoms with E-state index in [1.165, 1.54) is 32.1 Å². The third-order valence-electron chi connectivity index (χ3n) is 10.4. The Labute approximate surface area is 276 Å². The van der Waals surface area contributed by atoms with Crippen LogP contribution in [0.15, 0.2) is 42.7 Å². The number of hydrogen-bond donors (Lipinski definition) is 5. The molecule has 3 aromatic rings. The first kappa shape index (κ1) is 32.7. The number of aromatic nitrogens is 4. The lowest BCUT2D eigenvalue weighted by atomic mass is 9.59. The van der Waals surface area contributed by atoms with Gasteiger partial charge in [-0.25, -0.2) is 9.97 Å². The maximum atomic E-state index is 10.7. The van der Waals surface area contributed by atoms with Gasteiger partial charge in [-0.2, -0.15) is 0 Å². The normalized spacial score (nSPS) is 21.1. The Balaban J connectivity index is 0.000000269. The summed E-state index contributed by atoms with van der Waals surface area (Å²) < 4.78 is 0. The van der Waals surface area contributed by atoms with Gasteiger partial charge in [-0.3, -0.25) is 4.79 Å². The highest BCUT2D eigenvalue weighted by atomic mass is 16.4. The summed E-state index contributed by atoms with van der Waals surface area (Å²) in [6.07, 6.45) is 12.0. The fourth-order valence-corrected chi connectivity index (χ4v) is 7.25. The molecule has 0 bridgehead atoms. The zero-order chi connectivity index (χ0) is 32.8. The third-order valence-corrected chi connectivity index (χ3v) is 10.4. The van der Waals surface area contributed by atoms with Crippen LogP contribution in [-0.4, -0.2) is 107 Å². The van der Waals surface area contributed by atoms with Crippen molar-refractivity contribution in [2.45, 2.75) is 51.0 Å². The van der Waals surface area contributed by atoms with Crippen molar-refractivity contribution >= 4 is 29.1 Å². The number of phenols is 1. The number of aliphatic carboxylic acids is 1. The van der Waals surface area contributed by atoms with Gasteiger partial charge < -0.3 is 40.7 Å². The van der Waals surface area contributed by atoms with Crippen LogP contribution in [0.25, 0.3) is 11.3 Å². The highest BCUT2D eigenvalue weighted by Crippen LogP contribution is 2.52. The van der Waals surface area contributed by atoms with Gasteiger partial charge >= 0.3 is 5.97 Å². The average molecular weight is 646 g/mol. The van der Waals surface area contributed by atoms with Gasteiger partial charge in [0.15, 0.2) is 5.82 Å². The molecule has 2 aromatic heterocycles. The van der Waals surface area contributed by atoms with E-state index in [9.17, 15) is 15.0 Å². The molecule has 1 unspecified atom stereocenters. The number of benzene rings is 1. The topological polar surface area (TPSA) is 163 Å². The highest BCUT2D eigenvalue weighted by molar-refractivity contribution is 5.75. The molecule has 0 radical (unpaired) electrons. The zero-order valence-corrected chi connectivity index (χ0v) is 27.2. The van der Waals surface area contributed by atoms with Crippen molar-refractivity contribution < 1.29 is 20.1 Å². The number of nitrogens with one attached hydrogen (secondary N) is 2. The van der Waals surface area contributed by atoms with Gasteiger partial charge in [0.1, 0.15) is 5.75 Å². The number of hydrogen-bond acceptors (Lipinski definition) is 12. The van der Waals surface area contributed by atoms with Crippen molar-refractivity contribution in [3.63, 3.8) is 0 Å². The van der Waals surface area contributed by atoms with E-state index in [0.717, 1.165) is 76.0 Å². The fourth-order valence-electron chi connectivity index (χ4n) is 7.25. The molecule has 4 aliphatic rings. The Morgan fingerprint density at radius 3 is 2.30 bits per heavy atom. The smallest absolute Gasteiger partial charge is 0.306 e. The minimum Gasteiger partial charge on any atom is -0.507 e. The first-order chi connectivity index (χ1) is 22.9. The molecule has 13 heteroatoms. The van der Waals surface area contributed by atoms with Crippen LogP contribution < -0.4 is 25.3 Å². The summed E-state index contributed by atoms with van der Waals surface area (Å²) in [5, 5.41) is 43.6. The lowest BCUT2D eigenvalue weighted by Gasteiger charge is -2.46. The second kappa shape index (κ2) is 14.7. The van der Waals surface area contributed by atoms with Crippen molar-refractivity contribution in [1.29, 1.82) is 0 Å². The average Bonchev–Trinajstić information content (AvgIpc) is 3.11. The fraction of sp³-hybridized carbons (Fsp3) is 0.559. The van der Waals surface area contributed by atoms with E-state index in [0.29, 0.717) is 22.5 Å². The Morgan fingerprint density at radius 2 is 1.68 bits per heavy atom. The molecular formula is C34H47N9O4. The molecule has 4 fully saturated rings. The standard InChI is InChI=1S/C24H31N9O2.C10H16O2/c1-25-23-21(12-20(29-30-23)19-4-2-3-5-22(19)35)31-8-10-32(11-9-31)24-27-13-18(14-28-24)33-7-6-26-17(15-33)16-34;11-9(12)8-2-6-10(7-3-8)4-1-5-10/h2-5,12-14,17,26,34-35H,6-11,15-16H2,1H3,(H,25,30);8H,1-7H2,(H,11,12). The maximum Gasteiger partial charge on any atom is 0.306 e. The van der Waals surface area contributed by atoms with Crippen molar-refractivity contribution in [2.24, 2.45) is 11.3 Å². The largest absolute Gasteiger partial charge is 0.507 e. The molecule has 1 aromatic carbocycles. The molecule has 2 saturated carbocycles. The van der Waals surface area contributed by atoms with Gasteiger partial charge in [0, 0.05) is 64.5 Å². The van der Waals surface area contributed by atoms with E-state index in [1.807, 2.05) is 37.6 Å². The molecule has 4 heterocycles. The number of carboxylic acids is 1. The molecule has 2 aliphatic carbocycles. The minimum absolute atomic E-state index is 0.0313. The Morgan fingerprint density at radius 1 is 0.979 bits per heavy atom. The Kier molecular flexibility index (Phi) is 10.2. The van der Waals surface area contributed by atoms with E-state index >= 15 is 0 Å². The number of carboxylic acid groups (broad SMARTS) is 1. The van der Waals surface area contributed by atoms with Crippen molar-refractivity contribution in [1.82, 2.24) is 25.5 Å². The second-order valence-corrected chi connectivity index (χ2v) is 13.2. The van der Waals surface area contributed by atoms with Crippen LogP contribution in [0, 0.1) is 11.3 Å². The van der Waals surface area contributed by atoms with Crippen molar-refractivity contribution in [2.75, 3.05) is 79.5 Å². The van der Waals surface area contributed by atoms with Gasteiger partial charge in [-0.05, 0) is 62.1 Å². The molecule has 2 aliphatic heterocycles. The molecule has 5 N–H and O–H groups in total. The van der Waals surface area contributed by atoms with Crippen LogP contribution in [0.3, 0.4) is 0 Å². The quantitative estimate of drug-likeness (QED) is 0.255. The Bertz CT molecular complexity index is 1490. The number of aromatic hydroxyl groups is 1. The van der Waals surface area contributed by atoms with Crippen molar-refractivity contribution in [3.05, 3.63) is 42.7 Å². The number of rotatable bonds is 7. The molecule has 7 rings (SSSR count). The van der Waals surface area contributed by atoms with E-state index in [1.54, 1.807) is 12.1 Å². The number of aliphatic hydroxyl groups is 1. The van der Waals surface area contributed by atoms with E-state index < -0.39 is 5.97 Å². The summed E-state index contributed by atoms with van der Waals surface area (Å²) in [6, 6.07) is 9.21. The SMILES string of the molecule is CNc1nnc(-c2ccccc2O)cc1N1CCN(c2ncc(N3CCNC(CO)C3)cn2)CC1.O=C(O)C1CCC2(CCC2)CC1. The number of carbonyl (C=O) groups is 1. The van der Waals surface area contributed by atoms with Crippen molar-refractivity contribution in [3.8, 4) is 17.0 Å². The number of nitrogens with zero attached hydrogens (tertiary/aromatic N) is 7. The number of phenolic OH excluding ortho intramolecular Hbond substituents is 1.